The Balaban J connectivity index is 3.02. The van der Waals surface area contributed by atoms with Crippen LogP contribution in [0.25, 0.3) is 0 Å². The fraction of sp³-hybridized carbons (Fsp3) is 0.462. The highest BCUT2D eigenvalue weighted by atomic mass is 16.5. The van der Waals surface area contributed by atoms with Gasteiger partial charge in [0.2, 0.25) is 0 Å². The average Bonchev–Trinajstić information content (AvgIpc) is 2.28. The normalized spacial score (nSPS) is 10.2. The zero-order valence-corrected chi connectivity index (χ0v) is 10.0. The van der Waals surface area contributed by atoms with Crippen molar-refractivity contribution < 1.29 is 14.6 Å². The first kappa shape index (κ1) is 12.7. The van der Waals surface area contributed by atoms with Crippen molar-refractivity contribution in [3.8, 4) is 5.75 Å². The Labute approximate surface area is 96.1 Å². The van der Waals surface area contributed by atoms with E-state index in [0.717, 1.165) is 11.1 Å². The van der Waals surface area contributed by atoms with E-state index in [9.17, 15) is 4.79 Å². The molecule has 0 aliphatic rings. The molecule has 0 aliphatic heterocycles. The third-order valence-electron chi connectivity index (χ3n) is 2.68. The molecule has 1 aromatic rings. The fourth-order valence-corrected chi connectivity index (χ4v) is 1.55. The van der Waals surface area contributed by atoms with Crippen molar-refractivity contribution in [2.45, 2.75) is 26.7 Å². The van der Waals surface area contributed by atoms with Gasteiger partial charge in [-0.1, -0.05) is 0 Å². The van der Waals surface area contributed by atoms with Crippen molar-refractivity contribution >= 4 is 5.78 Å². The van der Waals surface area contributed by atoms with Crippen LogP contribution in [0.15, 0.2) is 12.1 Å². The molecule has 0 unspecified atom stereocenters. The van der Waals surface area contributed by atoms with Gasteiger partial charge in [0.05, 0.1) is 12.7 Å². The maximum Gasteiger partial charge on any atom is 0.166 e. The summed E-state index contributed by atoms with van der Waals surface area (Å²) in [6.45, 7) is 4.00. The number of aryl methyl sites for hydroxylation is 2. The van der Waals surface area contributed by atoms with Gasteiger partial charge in [-0.05, 0) is 43.5 Å². The van der Waals surface area contributed by atoms with Crippen molar-refractivity contribution in [1.29, 1.82) is 0 Å². The second-order valence-electron chi connectivity index (χ2n) is 3.89. The molecule has 0 aliphatic carbocycles. The van der Waals surface area contributed by atoms with E-state index in [4.69, 9.17) is 9.84 Å². The number of aliphatic hydroxyl groups is 1. The van der Waals surface area contributed by atoms with Gasteiger partial charge < -0.3 is 9.84 Å². The van der Waals surface area contributed by atoms with Crippen molar-refractivity contribution in [3.63, 3.8) is 0 Å². The number of methoxy groups -OCH3 is 1. The van der Waals surface area contributed by atoms with E-state index in [-0.39, 0.29) is 12.4 Å². The van der Waals surface area contributed by atoms with Crippen LogP contribution < -0.4 is 4.74 Å². The summed E-state index contributed by atoms with van der Waals surface area (Å²) in [6.07, 6.45) is 0.851. The molecule has 0 heterocycles. The van der Waals surface area contributed by atoms with Crippen molar-refractivity contribution in [1.82, 2.24) is 0 Å². The molecule has 0 saturated heterocycles. The quantitative estimate of drug-likeness (QED) is 0.777. The predicted octanol–water partition coefficient (Wildman–Crippen LogP) is 2.27. The SMILES string of the molecule is COc1cc(C)c(C)cc1C(=O)CCCO. The largest absolute Gasteiger partial charge is 0.496 e. The Morgan fingerprint density at radius 3 is 2.50 bits per heavy atom. The van der Waals surface area contributed by atoms with Gasteiger partial charge in [0.1, 0.15) is 5.75 Å². The zero-order valence-electron chi connectivity index (χ0n) is 10.0. The highest BCUT2D eigenvalue weighted by Gasteiger charge is 2.13. The first-order valence-electron chi connectivity index (χ1n) is 5.39. The molecule has 0 atom stereocenters. The zero-order chi connectivity index (χ0) is 12.1. The lowest BCUT2D eigenvalue weighted by Gasteiger charge is -2.10. The first-order chi connectivity index (χ1) is 7.60. The lowest BCUT2D eigenvalue weighted by atomic mass is 10.00. The number of aliphatic hydroxyl groups excluding tert-OH is 1. The summed E-state index contributed by atoms with van der Waals surface area (Å²) in [6, 6.07) is 3.73. The fourth-order valence-electron chi connectivity index (χ4n) is 1.55. The van der Waals surface area contributed by atoms with Crippen LogP contribution in [0.5, 0.6) is 5.75 Å². The Hall–Kier alpha value is -1.35. The van der Waals surface area contributed by atoms with Crippen LogP contribution in [0.3, 0.4) is 0 Å². The number of carbonyl (C=O) groups excluding carboxylic acids is 1. The lowest BCUT2D eigenvalue weighted by molar-refractivity contribution is 0.0968. The van der Waals surface area contributed by atoms with Gasteiger partial charge in [0, 0.05) is 13.0 Å². The standard InChI is InChI=1S/C13H18O3/c1-9-7-11(12(15)5-4-6-14)13(16-3)8-10(9)2/h7-8,14H,4-6H2,1-3H3. The number of ketones is 1. The third-order valence-corrected chi connectivity index (χ3v) is 2.68. The molecule has 0 saturated carbocycles. The second-order valence-corrected chi connectivity index (χ2v) is 3.89. The molecule has 0 aromatic heterocycles. The topological polar surface area (TPSA) is 46.5 Å². The summed E-state index contributed by atoms with van der Waals surface area (Å²) < 4.78 is 5.20. The molecule has 3 heteroatoms. The molecule has 0 radical (unpaired) electrons. The second kappa shape index (κ2) is 5.66. The summed E-state index contributed by atoms with van der Waals surface area (Å²) in [5.74, 6) is 0.639. The minimum Gasteiger partial charge on any atom is -0.496 e. The van der Waals surface area contributed by atoms with Crippen LogP contribution in [-0.2, 0) is 0 Å². The Kier molecular flexibility index (Phi) is 4.50. The number of carbonyl (C=O) groups is 1. The van der Waals surface area contributed by atoms with E-state index in [0.29, 0.717) is 24.2 Å². The smallest absolute Gasteiger partial charge is 0.166 e. The Morgan fingerprint density at radius 2 is 1.94 bits per heavy atom. The Bertz CT molecular complexity index is 383. The minimum absolute atomic E-state index is 0.0222. The Morgan fingerprint density at radius 1 is 1.31 bits per heavy atom. The number of rotatable bonds is 5. The van der Waals surface area contributed by atoms with Crippen molar-refractivity contribution in [3.05, 3.63) is 28.8 Å². The summed E-state index contributed by atoms with van der Waals surface area (Å²) in [5.41, 5.74) is 2.79. The molecule has 1 aromatic carbocycles. The van der Waals surface area contributed by atoms with E-state index in [1.807, 2.05) is 26.0 Å². The van der Waals surface area contributed by atoms with Crippen LogP contribution in [0, 0.1) is 13.8 Å². The predicted molar refractivity (Wildman–Crippen MR) is 63.1 cm³/mol. The molecule has 3 nitrogen and oxygen atoms in total. The molecule has 1 N–H and O–H groups in total. The monoisotopic (exact) mass is 222 g/mol. The van der Waals surface area contributed by atoms with Gasteiger partial charge in [0.25, 0.3) is 0 Å². The van der Waals surface area contributed by atoms with E-state index in [1.165, 1.54) is 0 Å². The van der Waals surface area contributed by atoms with Crippen molar-refractivity contribution in [2.24, 2.45) is 0 Å². The van der Waals surface area contributed by atoms with E-state index < -0.39 is 0 Å². The average molecular weight is 222 g/mol. The van der Waals surface area contributed by atoms with Crippen LogP contribution >= 0.6 is 0 Å². The van der Waals surface area contributed by atoms with Gasteiger partial charge in [-0.15, -0.1) is 0 Å². The van der Waals surface area contributed by atoms with E-state index in [2.05, 4.69) is 0 Å². The number of benzene rings is 1. The summed E-state index contributed by atoms with van der Waals surface area (Å²) in [7, 11) is 1.56. The molecular weight excluding hydrogens is 204 g/mol. The van der Waals surface area contributed by atoms with Gasteiger partial charge in [-0.2, -0.15) is 0 Å². The summed E-state index contributed by atoms with van der Waals surface area (Å²) >= 11 is 0. The van der Waals surface area contributed by atoms with Crippen LogP contribution in [-0.4, -0.2) is 24.6 Å². The first-order valence-corrected chi connectivity index (χ1v) is 5.39. The molecule has 88 valence electrons. The molecule has 0 fully saturated rings. The number of ether oxygens (including phenoxy) is 1. The van der Waals surface area contributed by atoms with Gasteiger partial charge in [-0.3, -0.25) is 4.79 Å². The summed E-state index contributed by atoms with van der Waals surface area (Å²) in [4.78, 5) is 11.9. The maximum absolute atomic E-state index is 11.9. The van der Waals surface area contributed by atoms with Crippen molar-refractivity contribution in [2.75, 3.05) is 13.7 Å². The van der Waals surface area contributed by atoms with Crippen LogP contribution in [0.4, 0.5) is 0 Å². The van der Waals surface area contributed by atoms with Gasteiger partial charge in [0.15, 0.2) is 5.78 Å². The molecule has 16 heavy (non-hydrogen) atoms. The maximum atomic E-state index is 11.9. The molecular formula is C13H18O3. The molecule has 0 amide bonds. The highest BCUT2D eigenvalue weighted by Crippen LogP contribution is 2.24. The van der Waals surface area contributed by atoms with E-state index in [1.54, 1.807) is 7.11 Å². The molecule has 1 rings (SSSR count). The number of Topliss-reactive ketones (excluding diaryl/α,β-unsaturated/α-hetero) is 1. The number of hydrogen-bond acceptors (Lipinski definition) is 3. The highest BCUT2D eigenvalue weighted by molar-refractivity contribution is 5.99. The lowest BCUT2D eigenvalue weighted by Crippen LogP contribution is -2.04. The third kappa shape index (κ3) is 2.83. The molecule has 0 bridgehead atoms. The number of hydrogen-bond donors (Lipinski definition) is 1. The van der Waals surface area contributed by atoms with Gasteiger partial charge >= 0.3 is 0 Å². The minimum atomic E-state index is 0.0222. The van der Waals surface area contributed by atoms with Crippen LogP contribution in [0.1, 0.15) is 34.3 Å². The summed E-state index contributed by atoms with van der Waals surface area (Å²) in [5, 5.41) is 8.70. The molecule has 0 spiro atoms. The van der Waals surface area contributed by atoms with E-state index >= 15 is 0 Å². The van der Waals surface area contributed by atoms with Crippen LogP contribution in [0.2, 0.25) is 0 Å². The van der Waals surface area contributed by atoms with Gasteiger partial charge in [-0.25, -0.2) is 0 Å².